The highest BCUT2D eigenvalue weighted by atomic mass is 15.1. The number of fused-ring (bicyclic) bond motifs is 1. The molecule has 0 saturated heterocycles. The van der Waals surface area contributed by atoms with Crippen LogP contribution in [0.15, 0.2) is 12.3 Å². The monoisotopic (exact) mass is 244 g/mol. The number of anilines is 1. The lowest BCUT2D eigenvalue weighted by molar-refractivity contribution is 0.436. The molecule has 2 heterocycles. The first-order valence-electron chi connectivity index (χ1n) is 7.29. The van der Waals surface area contributed by atoms with Gasteiger partial charge in [0.2, 0.25) is 0 Å². The first kappa shape index (κ1) is 12.0. The van der Waals surface area contributed by atoms with E-state index >= 15 is 0 Å². The lowest BCUT2D eigenvalue weighted by Gasteiger charge is -2.22. The Morgan fingerprint density at radius 3 is 2.67 bits per heavy atom. The van der Waals surface area contributed by atoms with Gasteiger partial charge in [-0.05, 0) is 18.9 Å². The van der Waals surface area contributed by atoms with Gasteiger partial charge in [-0.1, -0.05) is 33.1 Å². The number of nitrogens with zero attached hydrogens (tertiary/aromatic N) is 2. The van der Waals surface area contributed by atoms with E-state index in [1.54, 1.807) is 0 Å². The Bertz CT molecular complexity index is 444. The molecule has 1 saturated carbocycles. The molecule has 0 bridgehead atoms. The highest BCUT2D eigenvalue weighted by molar-refractivity contribution is 5.61. The van der Waals surface area contributed by atoms with Gasteiger partial charge >= 0.3 is 0 Å². The van der Waals surface area contributed by atoms with Gasteiger partial charge in [-0.3, -0.25) is 4.98 Å². The smallest absolute Gasteiger partial charge is 0.0455 e. The molecular formula is C16H24N2. The van der Waals surface area contributed by atoms with Crippen molar-refractivity contribution in [1.29, 1.82) is 0 Å². The summed E-state index contributed by atoms with van der Waals surface area (Å²) in [6.07, 6.45) is 8.98. The fraction of sp³-hybridized carbons (Fsp3) is 0.688. The van der Waals surface area contributed by atoms with Crippen LogP contribution in [0.1, 0.15) is 63.1 Å². The van der Waals surface area contributed by atoms with Crippen molar-refractivity contribution in [2.45, 2.75) is 57.3 Å². The molecule has 0 spiro atoms. The van der Waals surface area contributed by atoms with Crippen molar-refractivity contribution in [3.05, 3.63) is 23.5 Å². The maximum Gasteiger partial charge on any atom is 0.0455 e. The summed E-state index contributed by atoms with van der Waals surface area (Å²) in [6, 6.07) is 2.36. The van der Waals surface area contributed by atoms with Crippen molar-refractivity contribution in [2.75, 3.05) is 18.5 Å². The second kappa shape index (κ2) is 4.25. The van der Waals surface area contributed by atoms with E-state index in [9.17, 15) is 0 Å². The van der Waals surface area contributed by atoms with E-state index in [1.807, 2.05) is 0 Å². The minimum Gasteiger partial charge on any atom is -0.373 e. The average Bonchev–Trinajstić information content (AvgIpc) is 2.61. The molecule has 1 aromatic heterocycles. The number of likely N-dealkylation sites (N-methyl/N-ethyl adjacent to an activating group) is 1. The first-order valence-corrected chi connectivity index (χ1v) is 7.29. The van der Waals surface area contributed by atoms with E-state index in [4.69, 9.17) is 4.98 Å². The lowest BCUT2D eigenvalue weighted by atomic mass is 9.85. The van der Waals surface area contributed by atoms with Gasteiger partial charge in [0.25, 0.3) is 0 Å². The third-order valence-corrected chi connectivity index (χ3v) is 4.70. The Kier molecular flexibility index (Phi) is 2.84. The van der Waals surface area contributed by atoms with E-state index in [-0.39, 0.29) is 5.41 Å². The molecule has 0 N–H and O–H groups in total. The topological polar surface area (TPSA) is 16.1 Å². The van der Waals surface area contributed by atoms with Gasteiger partial charge in [0.05, 0.1) is 0 Å². The van der Waals surface area contributed by atoms with Crippen LogP contribution in [0.5, 0.6) is 0 Å². The molecule has 2 aliphatic rings. The molecule has 98 valence electrons. The molecule has 2 nitrogen and oxygen atoms in total. The molecule has 18 heavy (non-hydrogen) atoms. The number of aromatic nitrogens is 1. The molecule has 0 unspecified atom stereocenters. The predicted octanol–water partition coefficient (Wildman–Crippen LogP) is 3.86. The van der Waals surface area contributed by atoms with Crippen LogP contribution in [-0.4, -0.2) is 18.6 Å². The van der Waals surface area contributed by atoms with Gasteiger partial charge in [-0.25, -0.2) is 0 Å². The highest BCUT2D eigenvalue weighted by Gasteiger charge is 2.34. The lowest BCUT2D eigenvalue weighted by Crippen LogP contribution is -2.24. The number of hydrogen-bond donors (Lipinski definition) is 0. The number of rotatable bonds is 1. The van der Waals surface area contributed by atoms with E-state index in [0.29, 0.717) is 5.92 Å². The Morgan fingerprint density at radius 1 is 1.22 bits per heavy atom. The van der Waals surface area contributed by atoms with E-state index in [2.05, 4.69) is 38.1 Å². The average molecular weight is 244 g/mol. The Morgan fingerprint density at radius 2 is 1.94 bits per heavy atom. The highest BCUT2D eigenvalue weighted by Crippen LogP contribution is 2.41. The van der Waals surface area contributed by atoms with Crippen LogP contribution in [0.25, 0.3) is 0 Å². The zero-order valence-corrected chi connectivity index (χ0v) is 11.9. The minimum atomic E-state index is 0.252. The summed E-state index contributed by atoms with van der Waals surface area (Å²) in [5.41, 5.74) is 4.42. The summed E-state index contributed by atoms with van der Waals surface area (Å²) < 4.78 is 0. The number of hydrogen-bond acceptors (Lipinski definition) is 2. The third-order valence-electron chi connectivity index (χ3n) is 4.70. The zero-order chi connectivity index (χ0) is 12.8. The standard InChI is InChI=1S/C16H24N2/c1-16(2)11-18(3)15-9-14(17-10-13(15)16)12-7-5-4-6-8-12/h9-10,12H,4-8,11H2,1-3H3. The van der Waals surface area contributed by atoms with E-state index in [1.165, 1.54) is 49.0 Å². The summed E-state index contributed by atoms with van der Waals surface area (Å²) in [6.45, 7) is 5.74. The molecule has 2 heteroatoms. The molecule has 1 fully saturated rings. The van der Waals surface area contributed by atoms with Crippen molar-refractivity contribution in [2.24, 2.45) is 0 Å². The Balaban J connectivity index is 1.94. The van der Waals surface area contributed by atoms with Crippen molar-refractivity contribution < 1.29 is 0 Å². The maximum atomic E-state index is 4.78. The maximum absolute atomic E-state index is 4.78. The largest absolute Gasteiger partial charge is 0.373 e. The van der Waals surface area contributed by atoms with Crippen LogP contribution >= 0.6 is 0 Å². The fourth-order valence-electron chi connectivity index (χ4n) is 3.68. The molecular weight excluding hydrogens is 220 g/mol. The molecule has 0 radical (unpaired) electrons. The van der Waals surface area contributed by atoms with Gasteiger partial charge < -0.3 is 4.90 Å². The van der Waals surface area contributed by atoms with Crippen molar-refractivity contribution in [3.8, 4) is 0 Å². The first-order chi connectivity index (χ1) is 8.58. The normalized spacial score (nSPS) is 23.2. The zero-order valence-electron chi connectivity index (χ0n) is 11.9. The van der Waals surface area contributed by atoms with E-state index in [0.717, 1.165) is 6.54 Å². The summed E-state index contributed by atoms with van der Waals surface area (Å²) in [5.74, 6) is 0.709. The predicted molar refractivity (Wildman–Crippen MR) is 76.4 cm³/mol. The van der Waals surface area contributed by atoms with Gasteiger partial charge in [-0.15, -0.1) is 0 Å². The molecule has 1 aliphatic carbocycles. The number of pyridine rings is 1. The Hall–Kier alpha value is -1.05. The van der Waals surface area contributed by atoms with Crippen LogP contribution in [0.2, 0.25) is 0 Å². The summed E-state index contributed by atoms with van der Waals surface area (Å²) in [4.78, 5) is 7.17. The van der Waals surface area contributed by atoms with E-state index < -0.39 is 0 Å². The van der Waals surface area contributed by atoms with Gasteiger partial charge in [0.1, 0.15) is 0 Å². The summed E-state index contributed by atoms with van der Waals surface area (Å²) in [7, 11) is 2.21. The van der Waals surface area contributed by atoms with Gasteiger partial charge in [0, 0.05) is 48.1 Å². The van der Waals surface area contributed by atoms with Crippen molar-refractivity contribution >= 4 is 5.69 Å². The van der Waals surface area contributed by atoms with Crippen molar-refractivity contribution in [3.63, 3.8) is 0 Å². The van der Waals surface area contributed by atoms with Crippen LogP contribution in [0, 0.1) is 0 Å². The van der Waals surface area contributed by atoms with Gasteiger partial charge in [-0.2, -0.15) is 0 Å². The summed E-state index contributed by atoms with van der Waals surface area (Å²) >= 11 is 0. The van der Waals surface area contributed by atoms with Crippen LogP contribution in [-0.2, 0) is 5.41 Å². The quantitative estimate of drug-likeness (QED) is 0.746. The molecule has 0 atom stereocenters. The third kappa shape index (κ3) is 1.92. The van der Waals surface area contributed by atoms with Gasteiger partial charge in [0.15, 0.2) is 0 Å². The molecule has 1 aromatic rings. The van der Waals surface area contributed by atoms with Crippen molar-refractivity contribution in [1.82, 2.24) is 4.98 Å². The second-order valence-electron chi connectivity index (χ2n) is 6.70. The SMILES string of the molecule is CN1CC(C)(C)c2cnc(C3CCCCC3)cc21. The van der Waals surface area contributed by atoms with Crippen LogP contribution in [0.4, 0.5) is 5.69 Å². The molecule has 0 aromatic carbocycles. The molecule has 1 aliphatic heterocycles. The second-order valence-corrected chi connectivity index (χ2v) is 6.70. The fourth-order valence-corrected chi connectivity index (χ4v) is 3.68. The summed E-state index contributed by atoms with van der Waals surface area (Å²) in [5, 5.41) is 0. The van der Waals surface area contributed by atoms with Crippen LogP contribution in [0.3, 0.4) is 0 Å². The molecule has 0 amide bonds. The minimum absolute atomic E-state index is 0.252. The van der Waals surface area contributed by atoms with Crippen LogP contribution < -0.4 is 4.90 Å². The molecule has 3 rings (SSSR count). The Labute approximate surface area is 110 Å².